The van der Waals surface area contributed by atoms with Crippen LogP contribution in [0.2, 0.25) is 0 Å². The Morgan fingerprint density at radius 2 is 2.03 bits per heavy atom. The molecule has 9 nitrogen and oxygen atoms in total. The summed E-state index contributed by atoms with van der Waals surface area (Å²) in [7, 11) is -4.11. The monoisotopic (exact) mass is 502 g/mol. The topological polar surface area (TPSA) is 111 Å². The van der Waals surface area contributed by atoms with Gasteiger partial charge in [-0.1, -0.05) is 0 Å². The molecule has 3 fully saturated rings. The summed E-state index contributed by atoms with van der Waals surface area (Å²) in [5, 5.41) is 0. The van der Waals surface area contributed by atoms with Crippen molar-refractivity contribution in [3.8, 4) is 0 Å². The first-order chi connectivity index (χ1) is 16.0. The van der Waals surface area contributed by atoms with Crippen molar-refractivity contribution in [2.45, 2.75) is 88.6 Å². The summed E-state index contributed by atoms with van der Waals surface area (Å²) in [5.74, 6) is 0.547. The van der Waals surface area contributed by atoms with Crippen molar-refractivity contribution >= 4 is 16.1 Å². The summed E-state index contributed by atoms with van der Waals surface area (Å²) in [6, 6.07) is -3.12. The molecule has 1 N–H and O–H groups in total. The molecule has 4 rings (SSSR count). The second-order valence-corrected chi connectivity index (χ2v) is 11.6. The third kappa shape index (κ3) is 5.18. The molecule has 12 heteroatoms. The van der Waals surface area contributed by atoms with Gasteiger partial charge in [-0.2, -0.15) is 0 Å². The van der Waals surface area contributed by atoms with E-state index in [1.165, 1.54) is 17.3 Å². The van der Waals surface area contributed by atoms with Gasteiger partial charge in [-0.3, -0.25) is 4.90 Å². The molecule has 3 aliphatic rings. The molecule has 2 saturated carbocycles. The molecule has 2 aliphatic carbocycles. The number of amides is 1. The van der Waals surface area contributed by atoms with Gasteiger partial charge in [0.05, 0.1) is 37.3 Å². The van der Waals surface area contributed by atoms with Crippen LogP contribution in [0.1, 0.15) is 58.7 Å². The van der Waals surface area contributed by atoms with Crippen LogP contribution in [0.15, 0.2) is 12.4 Å². The zero-order chi connectivity index (χ0) is 24.7. The van der Waals surface area contributed by atoms with Crippen molar-refractivity contribution in [3.63, 3.8) is 0 Å². The minimum absolute atomic E-state index is 0.0709. The van der Waals surface area contributed by atoms with Crippen LogP contribution in [-0.2, 0) is 24.9 Å². The van der Waals surface area contributed by atoms with Gasteiger partial charge in [-0.05, 0) is 58.8 Å². The molecule has 0 aromatic carbocycles. The molecule has 0 spiro atoms. The van der Waals surface area contributed by atoms with E-state index in [-0.39, 0.29) is 30.3 Å². The predicted octanol–water partition coefficient (Wildman–Crippen LogP) is 2.67. The number of ether oxygens (including phenoxy) is 2. The van der Waals surface area contributed by atoms with Crippen LogP contribution in [0.3, 0.4) is 0 Å². The fourth-order valence-electron chi connectivity index (χ4n) is 5.51. The number of likely N-dealkylation sites (tertiary alicyclic amines) is 1. The lowest BCUT2D eigenvalue weighted by atomic mass is 9.86. The normalized spacial score (nSPS) is 33.1. The Balaban J connectivity index is 1.41. The number of halogens is 2. The van der Waals surface area contributed by atoms with Gasteiger partial charge in [0.1, 0.15) is 5.82 Å². The molecule has 6 atom stereocenters. The van der Waals surface area contributed by atoms with Crippen molar-refractivity contribution < 1.29 is 31.5 Å². The third-order valence-electron chi connectivity index (χ3n) is 7.17. The minimum atomic E-state index is -4.11. The van der Waals surface area contributed by atoms with Gasteiger partial charge in [0.25, 0.3) is 0 Å². The molecule has 1 aliphatic heterocycles. The van der Waals surface area contributed by atoms with Gasteiger partial charge in [0, 0.05) is 17.5 Å². The molecule has 1 saturated heterocycles. The van der Waals surface area contributed by atoms with E-state index in [1.54, 1.807) is 20.8 Å². The van der Waals surface area contributed by atoms with E-state index in [9.17, 15) is 22.0 Å². The van der Waals surface area contributed by atoms with Crippen molar-refractivity contribution in [1.82, 2.24) is 19.6 Å². The molecule has 1 aromatic rings. The highest BCUT2D eigenvalue weighted by Crippen LogP contribution is 2.61. The van der Waals surface area contributed by atoms with Crippen LogP contribution in [0.25, 0.3) is 0 Å². The molecule has 1 aromatic heterocycles. The summed E-state index contributed by atoms with van der Waals surface area (Å²) >= 11 is 0. The number of hydrogen-bond acceptors (Lipinski definition) is 7. The number of nitrogens with one attached hydrogen (secondary N) is 1. The van der Waals surface area contributed by atoms with Crippen LogP contribution >= 0.6 is 0 Å². The van der Waals surface area contributed by atoms with E-state index >= 15 is 0 Å². The summed E-state index contributed by atoms with van der Waals surface area (Å²) < 4.78 is 63.9. The van der Waals surface area contributed by atoms with E-state index in [0.29, 0.717) is 18.2 Å². The Bertz CT molecular complexity index is 996. The molecule has 190 valence electrons. The highest BCUT2D eigenvalue weighted by atomic mass is 32.2. The van der Waals surface area contributed by atoms with E-state index in [4.69, 9.17) is 9.47 Å². The maximum atomic E-state index is 13.2. The average molecular weight is 503 g/mol. The number of aromatic nitrogens is 2. The number of fused-ring (bicyclic) bond motifs is 1. The standard InChI is InChI=1S/C22H32F2N4O5S/c1-13(2)33-21(29)28-14(3)6-18(27-34(30,31)12-23)19(28)11-32-17-4-5-22(8-15(22)7-17)20-25-9-16(24)10-26-20/h9-10,13-15,17-19,27H,4-8,11-12H2,1-3H3/t14-,15-,17+,18+,19+,22-/m1/s1. The molecule has 0 radical (unpaired) electrons. The zero-order valence-corrected chi connectivity index (χ0v) is 20.4. The summed E-state index contributed by atoms with van der Waals surface area (Å²) in [6.07, 6.45) is 5.03. The van der Waals surface area contributed by atoms with Crippen LogP contribution in [0.5, 0.6) is 0 Å². The van der Waals surface area contributed by atoms with E-state index in [0.717, 1.165) is 25.7 Å². The van der Waals surface area contributed by atoms with E-state index < -0.39 is 40.0 Å². The van der Waals surface area contributed by atoms with Gasteiger partial charge in [0.15, 0.2) is 5.82 Å². The summed E-state index contributed by atoms with van der Waals surface area (Å²) in [4.78, 5) is 22.6. The lowest BCUT2D eigenvalue weighted by molar-refractivity contribution is -0.0147. The average Bonchev–Trinajstić information content (AvgIpc) is 3.42. The predicted molar refractivity (Wildman–Crippen MR) is 119 cm³/mol. The lowest BCUT2D eigenvalue weighted by Crippen LogP contribution is -2.51. The zero-order valence-electron chi connectivity index (χ0n) is 19.6. The van der Waals surface area contributed by atoms with Crippen LogP contribution < -0.4 is 4.72 Å². The van der Waals surface area contributed by atoms with Gasteiger partial charge in [-0.15, -0.1) is 0 Å². The second-order valence-electron chi connectivity index (χ2n) is 9.95. The number of carbonyl (C=O) groups excluding carboxylic acids is 1. The minimum Gasteiger partial charge on any atom is -0.447 e. The lowest BCUT2D eigenvalue weighted by Gasteiger charge is -2.33. The fraction of sp³-hybridized carbons (Fsp3) is 0.773. The number of sulfonamides is 1. The largest absolute Gasteiger partial charge is 0.447 e. The number of rotatable bonds is 8. The maximum absolute atomic E-state index is 13.2. The SMILES string of the molecule is CC(C)OC(=O)N1[C@H](C)C[C@H](NS(=O)(=O)CF)[C@@H]1CO[C@H]1CC[C@@]2(c3ncc(F)cn3)C[C@H]2C1. The Morgan fingerprint density at radius 1 is 1.32 bits per heavy atom. The first kappa shape index (κ1) is 25.2. The van der Waals surface area contributed by atoms with Gasteiger partial charge < -0.3 is 9.47 Å². The molecule has 1 amide bonds. The first-order valence-corrected chi connectivity index (χ1v) is 13.3. The van der Waals surface area contributed by atoms with Crippen LogP contribution in [0, 0.1) is 11.7 Å². The van der Waals surface area contributed by atoms with Gasteiger partial charge in [-0.25, -0.2) is 36.7 Å². The Labute approximate surface area is 198 Å². The van der Waals surface area contributed by atoms with E-state index in [1.807, 2.05) is 0 Å². The van der Waals surface area contributed by atoms with Crippen LogP contribution in [0.4, 0.5) is 13.6 Å². The number of hydrogen-bond donors (Lipinski definition) is 1. The summed E-state index contributed by atoms with van der Waals surface area (Å²) in [5.41, 5.74) is -0.123. The van der Waals surface area contributed by atoms with Crippen molar-refractivity contribution in [3.05, 3.63) is 24.0 Å². The number of nitrogens with zero attached hydrogens (tertiary/aromatic N) is 3. The maximum Gasteiger partial charge on any atom is 0.410 e. The molecule has 34 heavy (non-hydrogen) atoms. The molecular formula is C22H32F2N4O5S. The second kappa shape index (κ2) is 9.62. The molecule has 0 bridgehead atoms. The smallest absolute Gasteiger partial charge is 0.410 e. The van der Waals surface area contributed by atoms with Crippen molar-refractivity contribution in [2.75, 3.05) is 12.6 Å². The van der Waals surface area contributed by atoms with Crippen LogP contribution in [-0.4, -0.2) is 72.3 Å². The Kier molecular flexibility index (Phi) is 7.12. The van der Waals surface area contributed by atoms with E-state index in [2.05, 4.69) is 14.7 Å². The summed E-state index contributed by atoms with van der Waals surface area (Å²) in [6.45, 7) is 5.39. The van der Waals surface area contributed by atoms with Gasteiger partial charge >= 0.3 is 6.09 Å². The highest BCUT2D eigenvalue weighted by molar-refractivity contribution is 7.89. The number of carbonyl (C=O) groups is 1. The van der Waals surface area contributed by atoms with Crippen molar-refractivity contribution in [1.29, 1.82) is 0 Å². The fourth-order valence-corrected chi connectivity index (χ4v) is 6.29. The Hall–Kier alpha value is -1.92. The highest BCUT2D eigenvalue weighted by Gasteiger charge is 2.60. The third-order valence-corrected chi connectivity index (χ3v) is 8.12. The molecular weight excluding hydrogens is 470 g/mol. The molecule has 2 heterocycles. The Morgan fingerprint density at radius 3 is 2.65 bits per heavy atom. The quantitative estimate of drug-likeness (QED) is 0.582. The first-order valence-electron chi connectivity index (χ1n) is 11.7. The van der Waals surface area contributed by atoms with Gasteiger partial charge in [0.2, 0.25) is 16.0 Å². The van der Waals surface area contributed by atoms with Crippen molar-refractivity contribution in [2.24, 2.45) is 5.92 Å². The molecule has 0 unspecified atom stereocenters. The number of alkyl halides is 1.